The van der Waals surface area contributed by atoms with Crippen molar-refractivity contribution in [3.63, 3.8) is 0 Å². The molecule has 3 heterocycles. The molecule has 0 bridgehead atoms. The molecule has 5 nitrogen and oxygen atoms in total. The zero-order valence-electron chi connectivity index (χ0n) is 12.4. The first-order valence-corrected chi connectivity index (χ1v) is 7.25. The van der Waals surface area contributed by atoms with Gasteiger partial charge in [0.05, 0.1) is 19.3 Å². The van der Waals surface area contributed by atoms with Gasteiger partial charge in [0.15, 0.2) is 0 Å². The summed E-state index contributed by atoms with van der Waals surface area (Å²) in [5.41, 5.74) is 3.41. The summed E-state index contributed by atoms with van der Waals surface area (Å²) in [5, 5.41) is 3.53. The molecule has 1 aliphatic rings. The van der Waals surface area contributed by atoms with Crippen molar-refractivity contribution in [2.24, 2.45) is 5.92 Å². The van der Waals surface area contributed by atoms with E-state index in [4.69, 9.17) is 4.74 Å². The number of aromatic nitrogens is 3. The summed E-state index contributed by atoms with van der Waals surface area (Å²) >= 11 is 0. The molecule has 2 aromatic heterocycles. The van der Waals surface area contributed by atoms with E-state index in [1.165, 1.54) is 5.56 Å². The molecule has 2 atom stereocenters. The van der Waals surface area contributed by atoms with Crippen LogP contribution in [0.5, 0.6) is 0 Å². The largest absolute Gasteiger partial charge is 0.379 e. The van der Waals surface area contributed by atoms with Crippen molar-refractivity contribution in [2.45, 2.75) is 26.3 Å². The lowest BCUT2D eigenvalue weighted by molar-refractivity contribution is 0.185. The summed E-state index contributed by atoms with van der Waals surface area (Å²) in [7, 11) is 0. The second-order valence-corrected chi connectivity index (χ2v) is 5.54. The van der Waals surface area contributed by atoms with Crippen molar-refractivity contribution >= 4 is 5.82 Å². The number of pyridine rings is 1. The van der Waals surface area contributed by atoms with Crippen LogP contribution in [0.3, 0.4) is 0 Å². The van der Waals surface area contributed by atoms with Crippen LogP contribution in [0, 0.1) is 19.8 Å². The van der Waals surface area contributed by atoms with Crippen LogP contribution in [0.25, 0.3) is 0 Å². The predicted octanol–water partition coefficient (Wildman–Crippen LogP) is 2.16. The first-order chi connectivity index (χ1) is 10.2. The monoisotopic (exact) mass is 284 g/mol. The molecule has 1 N–H and O–H groups in total. The number of aryl methyl sites for hydroxylation is 1. The second-order valence-electron chi connectivity index (χ2n) is 5.54. The van der Waals surface area contributed by atoms with E-state index in [-0.39, 0.29) is 6.04 Å². The van der Waals surface area contributed by atoms with Crippen LogP contribution in [-0.4, -0.2) is 34.2 Å². The smallest absolute Gasteiger partial charge is 0.132 e. The Morgan fingerprint density at radius 1 is 1.19 bits per heavy atom. The second kappa shape index (κ2) is 6.18. The zero-order chi connectivity index (χ0) is 14.7. The Balaban J connectivity index is 1.71. The summed E-state index contributed by atoms with van der Waals surface area (Å²) in [5.74, 6) is 1.36. The van der Waals surface area contributed by atoms with Crippen LogP contribution in [0.4, 0.5) is 5.82 Å². The van der Waals surface area contributed by atoms with Gasteiger partial charge in [-0.3, -0.25) is 4.98 Å². The molecule has 21 heavy (non-hydrogen) atoms. The van der Waals surface area contributed by atoms with Gasteiger partial charge in [0.2, 0.25) is 0 Å². The predicted molar refractivity (Wildman–Crippen MR) is 81.2 cm³/mol. The van der Waals surface area contributed by atoms with Crippen molar-refractivity contribution in [3.05, 3.63) is 47.7 Å². The van der Waals surface area contributed by atoms with Gasteiger partial charge < -0.3 is 10.1 Å². The van der Waals surface area contributed by atoms with Crippen LogP contribution in [-0.2, 0) is 11.2 Å². The van der Waals surface area contributed by atoms with Gasteiger partial charge in [-0.05, 0) is 38.0 Å². The number of nitrogens with zero attached hydrogens (tertiary/aromatic N) is 3. The van der Waals surface area contributed by atoms with E-state index < -0.39 is 0 Å². The molecule has 0 unspecified atom stereocenters. The Bertz CT molecular complexity index is 602. The summed E-state index contributed by atoms with van der Waals surface area (Å²) in [6, 6.07) is 4.41. The number of anilines is 1. The molecule has 0 aromatic carbocycles. The highest BCUT2D eigenvalue weighted by molar-refractivity contribution is 5.45. The molecule has 110 valence electrons. The highest BCUT2D eigenvalue weighted by atomic mass is 16.5. The Hall–Kier alpha value is -2.01. The third-order valence-corrected chi connectivity index (χ3v) is 4.10. The van der Waals surface area contributed by atoms with E-state index in [1.54, 1.807) is 6.33 Å². The highest BCUT2D eigenvalue weighted by Gasteiger charge is 2.29. The Morgan fingerprint density at radius 3 is 2.81 bits per heavy atom. The van der Waals surface area contributed by atoms with Gasteiger partial charge in [0, 0.05) is 29.6 Å². The minimum absolute atomic E-state index is 0.283. The SMILES string of the molecule is Cc1ncnc(N[C@H]2COC[C@H]2Cc2ccncc2)c1C. The van der Waals surface area contributed by atoms with Gasteiger partial charge in [-0.25, -0.2) is 9.97 Å². The molecule has 1 fully saturated rings. The van der Waals surface area contributed by atoms with E-state index >= 15 is 0 Å². The van der Waals surface area contributed by atoms with Crippen LogP contribution >= 0.6 is 0 Å². The van der Waals surface area contributed by atoms with Crippen molar-refractivity contribution in [1.82, 2.24) is 15.0 Å². The molecular formula is C16H20N4O. The molecule has 0 spiro atoms. The van der Waals surface area contributed by atoms with E-state index in [0.717, 1.165) is 36.7 Å². The van der Waals surface area contributed by atoms with Crippen molar-refractivity contribution in [3.8, 4) is 0 Å². The Labute approximate surface area is 124 Å². The molecule has 5 heteroatoms. The van der Waals surface area contributed by atoms with Gasteiger partial charge in [0.1, 0.15) is 12.1 Å². The van der Waals surface area contributed by atoms with Gasteiger partial charge in [-0.1, -0.05) is 0 Å². The Morgan fingerprint density at radius 2 is 2.00 bits per heavy atom. The number of hydrogen-bond donors (Lipinski definition) is 1. The Kier molecular flexibility index (Phi) is 4.10. The summed E-state index contributed by atoms with van der Waals surface area (Å²) in [4.78, 5) is 12.6. The number of hydrogen-bond acceptors (Lipinski definition) is 5. The van der Waals surface area contributed by atoms with Crippen molar-refractivity contribution in [1.29, 1.82) is 0 Å². The molecule has 0 radical (unpaired) electrons. The van der Waals surface area contributed by atoms with Crippen molar-refractivity contribution < 1.29 is 4.74 Å². The standard InChI is InChI=1S/C16H20N4O/c1-11-12(2)18-10-19-16(11)20-15-9-21-8-14(15)7-13-3-5-17-6-4-13/h3-6,10,14-15H,7-9H2,1-2H3,(H,18,19,20)/t14-,15+/m1/s1. The maximum Gasteiger partial charge on any atom is 0.132 e. The highest BCUT2D eigenvalue weighted by Crippen LogP contribution is 2.23. The summed E-state index contributed by atoms with van der Waals surface area (Å²) in [6.07, 6.45) is 6.28. The summed E-state index contributed by atoms with van der Waals surface area (Å²) < 4.78 is 5.66. The fourth-order valence-electron chi connectivity index (χ4n) is 2.64. The molecular weight excluding hydrogens is 264 g/mol. The maximum atomic E-state index is 5.66. The summed E-state index contributed by atoms with van der Waals surface area (Å²) in [6.45, 7) is 5.55. The molecule has 0 saturated carbocycles. The minimum Gasteiger partial charge on any atom is -0.379 e. The van der Waals surface area contributed by atoms with Crippen LogP contribution in [0.2, 0.25) is 0 Å². The normalized spacial score (nSPS) is 21.4. The van der Waals surface area contributed by atoms with Gasteiger partial charge in [-0.2, -0.15) is 0 Å². The lowest BCUT2D eigenvalue weighted by Crippen LogP contribution is -2.30. The van der Waals surface area contributed by atoms with Gasteiger partial charge >= 0.3 is 0 Å². The van der Waals surface area contributed by atoms with Crippen LogP contribution in [0.1, 0.15) is 16.8 Å². The van der Waals surface area contributed by atoms with Crippen molar-refractivity contribution in [2.75, 3.05) is 18.5 Å². The van der Waals surface area contributed by atoms with Crippen LogP contribution < -0.4 is 5.32 Å². The van der Waals surface area contributed by atoms with E-state index in [2.05, 4.69) is 32.4 Å². The topological polar surface area (TPSA) is 59.9 Å². The lowest BCUT2D eigenvalue weighted by Gasteiger charge is -2.21. The molecule has 0 aliphatic carbocycles. The van der Waals surface area contributed by atoms with Gasteiger partial charge in [0.25, 0.3) is 0 Å². The third-order valence-electron chi connectivity index (χ3n) is 4.10. The lowest BCUT2D eigenvalue weighted by atomic mass is 9.95. The van der Waals surface area contributed by atoms with E-state index in [1.807, 2.05) is 26.2 Å². The zero-order valence-corrected chi connectivity index (χ0v) is 12.4. The maximum absolute atomic E-state index is 5.66. The van der Waals surface area contributed by atoms with E-state index in [9.17, 15) is 0 Å². The first-order valence-electron chi connectivity index (χ1n) is 7.25. The molecule has 1 aliphatic heterocycles. The number of nitrogens with one attached hydrogen (secondary N) is 1. The minimum atomic E-state index is 0.283. The molecule has 1 saturated heterocycles. The molecule has 0 amide bonds. The first kappa shape index (κ1) is 13.9. The third kappa shape index (κ3) is 3.19. The average Bonchev–Trinajstić information content (AvgIpc) is 2.92. The van der Waals surface area contributed by atoms with Gasteiger partial charge in [-0.15, -0.1) is 0 Å². The number of ether oxygens (including phenoxy) is 1. The quantitative estimate of drug-likeness (QED) is 0.932. The number of rotatable bonds is 4. The molecule has 3 rings (SSSR count). The average molecular weight is 284 g/mol. The molecule has 2 aromatic rings. The fourth-order valence-corrected chi connectivity index (χ4v) is 2.64. The fraction of sp³-hybridized carbons (Fsp3) is 0.438. The van der Waals surface area contributed by atoms with Crippen LogP contribution in [0.15, 0.2) is 30.9 Å². The van der Waals surface area contributed by atoms with E-state index in [0.29, 0.717) is 5.92 Å².